The third kappa shape index (κ3) is 6.37. The van der Waals surface area contributed by atoms with Gasteiger partial charge in [-0.3, -0.25) is 5.41 Å². The van der Waals surface area contributed by atoms with Gasteiger partial charge in [-0.15, -0.1) is 0 Å². The highest BCUT2D eigenvalue weighted by molar-refractivity contribution is 8.13. The summed E-state index contributed by atoms with van der Waals surface area (Å²) >= 11 is 1.38. The van der Waals surface area contributed by atoms with Crippen molar-refractivity contribution in [1.29, 1.82) is 5.41 Å². The number of aryl methyl sites for hydroxylation is 1. The van der Waals surface area contributed by atoms with Crippen molar-refractivity contribution in [2.75, 3.05) is 0 Å². The van der Waals surface area contributed by atoms with Crippen LogP contribution < -0.4 is 5.73 Å². The summed E-state index contributed by atoms with van der Waals surface area (Å²) in [7, 11) is 0. The molecule has 0 heterocycles. The second-order valence-corrected chi connectivity index (χ2v) is 5.30. The Morgan fingerprint density at radius 1 is 1.12 bits per heavy atom. The van der Waals surface area contributed by atoms with Crippen LogP contribution in [0, 0.1) is 5.41 Å². The molecule has 2 nitrogen and oxygen atoms in total. The number of unbranched alkanes of at least 4 members (excludes halogenated alkanes) is 3. The molecule has 0 aromatic heterocycles. The number of thioether (sulfide) groups is 1. The Kier molecular flexibility index (Phi) is 6.78. The first-order valence-corrected chi connectivity index (χ1v) is 7.25. The minimum absolute atomic E-state index is 0.189. The van der Waals surface area contributed by atoms with Gasteiger partial charge in [0.05, 0.1) is 0 Å². The molecule has 0 radical (unpaired) electrons. The van der Waals surface area contributed by atoms with Crippen molar-refractivity contribution in [3.05, 3.63) is 35.4 Å². The molecule has 0 amide bonds. The maximum Gasteiger partial charge on any atom is 0.151 e. The van der Waals surface area contributed by atoms with Crippen LogP contribution in [0.15, 0.2) is 24.3 Å². The van der Waals surface area contributed by atoms with Crippen LogP contribution in [0.2, 0.25) is 0 Å². The fraction of sp³-hybridized carbons (Fsp3) is 0.500. The summed E-state index contributed by atoms with van der Waals surface area (Å²) in [6.07, 6.45) is 6.43. The van der Waals surface area contributed by atoms with Gasteiger partial charge in [0.25, 0.3) is 0 Å². The minimum Gasteiger partial charge on any atom is -0.379 e. The number of nitrogens with one attached hydrogen (secondary N) is 1. The van der Waals surface area contributed by atoms with Gasteiger partial charge in [-0.1, -0.05) is 62.2 Å². The van der Waals surface area contributed by atoms with E-state index in [1.807, 2.05) is 0 Å². The van der Waals surface area contributed by atoms with Gasteiger partial charge in [-0.05, 0) is 24.0 Å². The van der Waals surface area contributed by atoms with Crippen molar-refractivity contribution >= 4 is 16.9 Å². The molecule has 0 aliphatic carbocycles. The van der Waals surface area contributed by atoms with Gasteiger partial charge in [0.2, 0.25) is 0 Å². The van der Waals surface area contributed by atoms with Gasteiger partial charge < -0.3 is 5.73 Å². The van der Waals surface area contributed by atoms with E-state index in [9.17, 15) is 0 Å². The zero-order valence-electron chi connectivity index (χ0n) is 10.5. The maximum absolute atomic E-state index is 7.16. The first kappa shape index (κ1) is 14.1. The predicted molar refractivity (Wildman–Crippen MR) is 77.5 cm³/mol. The summed E-state index contributed by atoms with van der Waals surface area (Å²) in [6.45, 7) is 2.24. The second kappa shape index (κ2) is 8.18. The van der Waals surface area contributed by atoms with E-state index in [1.54, 1.807) is 0 Å². The zero-order valence-corrected chi connectivity index (χ0v) is 11.4. The first-order valence-electron chi connectivity index (χ1n) is 6.27. The fourth-order valence-corrected chi connectivity index (χ4v) is 2.23. The van der Waals surface area contributed by atoms with Gasteiger partial charge in [0.1, 0.15) is 0 Å². The third-order valence-corrected chi connectivity index (χ3v) is 3.52. The molecule has 0 aliphatic heterocycles. The Morgan fingerprint density at radius 2 is 1.76 bits per heavy atom. The first-order chi connectivity index (χ1) is 8.22. The number of nitrogens with two attached hydrogens (primary N) is 1. The largest absolute Gasteiger partial charge is 0.379 e. The minimum atomic E-state index is 0.189. The smallest absolute Gasteiger partial charge is 0.151 e. The lowest BCUT2D eigenvalue weighted by Gasteiger charge is -2.04. The van der Waals surface area contributed by atoms with E-state index in [4.69, 9.17) is 11.1 Å². The van der Waals surface area contributed by atoms with E-state index >= 15 is 0 Å². The number of benzene rings is 1. The fourth-order valence-electron chi connectivity index (χ4n) is 1.72. The van der Waals surface area contributed by atoms with Crippen molar-refractivity contribution in [2.45, 2.75) is 44.8 Å². The average Bonchev–Trinajstić information content (AvgIpc) is 2.33. The summed E-state index contributed by atoms with van der Waals surface area (Å²) in [5, 5.41) is 7.35. The summed E-state index contributed by atoms with van der Waals surface area (Å²) in [6, 6.07) is 8.68. The van der Waals surface area contributed by atoms with Crippen LogP contribution in [0.4, 0.5) is 0 Å². The lowest BCUT2D eigenvalue weighted by Crippen LogP contribution is -2.03. The van der Waals surface area contributed by atoms with Gasteiger partial charge in [-0.25, -0.2) is 0 Å². The van der Waals surface area contributed by atoms with Crippen LogP contribution in [-0.4, -0.2) is 5.17 Å². The molecule has 94 valence electrons. The normalized spacial score (nSPS) is 10.4. The molecule has 0 bridgehead atoms. The average molecular weight is 250 g/mol. The van der Waals surface area contributed by atoms with E-state index in [0.717, 1.165) is 5.75 Å². The molecular formula is C14H22N2S. The van der Waals surface area contributed by atoms with E-state index in [0.29, 0.717) is 0 Å². The van der Waals surface area contributed by atoms with E-state index in [-0.39, 0.29) is 5.17 Å². The predicted octanol–water partition coefficient (Wildman–Crippen LogP) is 3.94. The van der Waals surface area contributed by atoms with Gasteiger partial charge in [-0.2, -0.15) is 0 Å². The molecule has 1 aromatic rings. The molecule has 0 aliphatic rings. The van der Waals surface area contributed by atoms with Crippen molar-refractivity contribution < 1.29 is 0 Å². The molecule has 17 heavy (non-hydrogen) atoms. The lowest BCUT2D eigenvalue weighted by atomic mass is 10.1. The van der Waals surface area contributed by atoms with Gasteiger partial charge in [0.15, 0.2) is 5.17 Å². The van der Waals surface area contributed by atoms with Gasteiger partial charge in [0, 0.05) is 5.75 Å². The molecule has 0 fully saturated rings. The molecule has 0 saturated carbocycles. The molecular weight excluding hydrogens is 228 g/mol. The van der Waals surface area contributed by atoms with E-state index in [1.165, 1.54) is 55.0 Å². The highest BCUT2D eigenvalue weighted by Crippen LogP contribution is 2.14. The van der Waals surface area contributed by atoms with Crippen LogP contribution in [0.25, 0.3) is 0 Å². The maximum atomic E-state index is 7.16. The van der Waals surface area contributed by atoms with Gasteiger partial charge >= 0.3 is 0 Å². The molecule has 3 N–H and O–H groups in total. The number of amidine groups is 1. The van der Waals surface area contributed by atoms with Crippen LogP contribution >= 0.6 is 11.8 Å². The molecule has 0 unspecified atom stereocenters. The summed E-state index contributed by atoms with van der Waals surface area (Å²) < 4.78 is 0. The Hall–Kier alpha value is -0.960. The van der Waals surface area contributed by atoms with Crippen LogP contribution in [0.3, 0.4) is 0 Å². The van der Waals surface area contributed by atoms with Crippen LogP contribution in [0.1, 0.15) is 43.7 Å². The Labute approximate surface area is 108 Å². The number of rotatable bonds is 7. The van der Waals surface area contributed by atoms with E-state index < -0.39 is 0 Å². The Morgan fingerprint density at radius 3 is 2.35 bits per heavy atom. The number of hydrogen-bond donors (Lipinski definition) is 2. The van der Waals surface area contributed by atoms with Crippen molar-refractivity contribution in [3.8, 4) is 0 Å². The van der Waals surface area contributed by atoms with Crippen molar-refractivity contribution in [3.63, 3.8) is 0 Å². The van der Waals surface area contributed by atoms with Crippen molar-refractivity contribution in [1.82, 2.24) is 0 Å². The molecule has 1 aromatic carbocycles. The number of hydrogen-bond acceptors (Lipinski definition) is 2. The highest BCUT2D eigenvalue weighted by atomic mass is 32.2. The Bertz CT molecular complexity index is 333. The SMILES string of the molecule is CCCCCCc1ccc(CSC(=N)N)cc1. The topological polar surface area (TPSA) is 49.9 Å². The standard InChI is InChI=1S/C14H22N2S/c1-2-3-4-5-6-12-7-9-13(10-8-12)11-17-14(15)16/h7-10H,2-6,11H2,1H3,(H3,15,16). The molecule has 0 saturated heterocycles. The monoisotopic (exact) mass is 250 g/mol. The quantitative estimate of drug-likeness (QED) is 0.437. The summed E-state index contributed by atoms with van der Waals surface area (Å²) in [5.41, 5.74) is 7.96. The molecule has 0 atom stereocenters. The zero-order chi connectivity index (χ0) is 12.5. The van der Waals surface area contributed by atoms with E-state index in [2.05, 4.69) is 31.2 Å². The Balaban J connectivity index is 2.31. The highest BCUT2D eigenvalue weighted by Gasteiger charge is 1.97. The summed E-state index contributed by atoms with van der Waals surface area (Å²) in [4.78, 5) is 0. The molecule has 0 spiro atoms. The van der Waals surface area contributed by atoms with Crippen LogP contribution in [-0.2, 0) is 12.2 Å². The lowest BCUT2D eigenvalue weighted by molar-refractivity contribution is 0.667. The second-order valence-electron chi connectivity index (χ2n) is 4.28. The third-order valence-electron chi connectivity index (χ3n) is 2.74. The molecule has 3 heteroatoms. The van der Waals surface area contributed by atoms with Crippen molar-refractivity contribution in [2.24, 2.45) is 5.73 Å². The van der Waals surface area contributed by atoms with Crippen LogP contribution in [0.5, 0.6) is 0 Å². The molecule has 1 rings (SSSR count). The summed E-state index contributed by atoms with van der Waals surface area (Å²) in [5.74, 6) is 0.797.